The molecule has 6 rings (SSSR count). The summed E-state index contributed by atoms with van der Waals surface area (Å²) in [5, 5.41) is 45.2. The summed E-state index contributed by atoms with van der Waals surface area (Å²) in [7, 11) is 3.10. The number of Topliss-reactive ketones (excluding diaryl/α,β-unsaturated/α-hetero) is 2. The maximum Gasteiger partial charge on any atom is 0.255 e. The average molecular weight is 596 g/mol. The van der Waals surface area contributed by atoms with Crippen LogP contribution < -0.4 is 5.73 Å². The Morgan fingerprint density at radius 2 is 1.95 bits per heavy atom. The summed E-state index contributed by atoms with van der Waals surface area (Å²) in [6, 6.07) is 3.65. The lowest BCUT2D eigenvalue weighted by Gasteiger charge is -2.50. The third-order valence-electron chi connectivity index (χ3n) is 9.44. The molecule has 11 nitrogen and oxygen atoms in total. The number of rotatable bonds is 5. The minimum absolute atomic E-state index is 0.0158. The number of likely N-dealkylation sites (N-methyl/N-ethyl adjacent to an activating group) is 1. The number of piperidine rings is 1. The number of fused-ring (bicyclic) bond motifs is 3. The predicted octanol–water partition coefficient (Wildman–Crippen LogP) is 2.16. The first-order valence-electron chi connectivity index (χ1n) is 14.3. The molecule has 3 aliphatic carbocycles. The highest BCUT2D eigenvalue weighted by molar-refractivity contribution is 6.24. The summed E-state index contributed by atoms with van der Waals surface area (Å²) in [6.45, 7) is 1.49. The molecule has 1 unspecified atom stereocenters. The first-order chi connectivity index (χ1) is 20.4. The van der Waals surface area contributed by atoms with Crippen molar-refractivity contribution in [3.63, 3.8) is 0 Å². The second kappa shape index (κ2) is 10.3. The molecule has 228 valence electrons. The molecule has 1 saturated heterocycles. The van der Waals surface area contributed by atoms with Gasteiger partial charge in [0.05, 0.1) is 17.9 Å². The van der Waals surface area contributed by atoms with Crippen LogP contribution in [0, 0.1) is 11.8 Å². The molecule has 12 heteroatoms. The number of aliphatic hydroxyl groups excluding tert-OH is 2. The van der Waals surface area contributed by atoms with Crippen molar-refractivity contribution in [3.8, 4) is 17.1 Å². The van der Waals surface area contributed by atoms with Gasteiger partial charge in [0.25, 0.3) is 5.91 Å². The number of carbonyl (C=O) groups excluding carboxylic acids is 3. The van der Waals surface area contributed by atoms with E-state index in [0.29, 0.717) is 36.4 Å². The summed E-state index contributed by atoms with van der Waals surface area (Å²) < 4.78 is 20.0. The topological polar surface area (TPSA) is 178 Å². The first kappa shape index (κ1) is 29.1. The molecule has 1 saturated carbocycles. The lowest BCUT2D eigenvalue weighted by atomic mass is 9.57. The number of phenols is 1. The van der Waals surface area contributed by atoms with Gasteiger partial charge in [-0.2, -0.15) is 0 Å². The highest BCUT2D eigenvalue weighted by Crippen LogP contribution is 2.53. The van der Waals surface area contributed by atoms with Gasteiger partial charge >= 0.3 is 0 Å². The molecule has 6 N–H and O–H groups in total. The van der Waals surface area contributed by atoms with E-state index in [-0.39, 0.29) is 29.7 Å². The van der Waals surface area contributed by atoms with Crippen molar-refractivity contribution in [1.82, 2.24) is 9.80 Å². The molecule has 1 aromatic carbocycles. The highest BCUT2D eigenvalue weighted by Gasteiger charge is 2.64. The van der Waals surface area contributed by atoms with Crippen LogP contribution in [0.4, 0.5) is 4.39 Å². The number of ketones is 2. The Labute approximate surface area is 246 Å². The molecule has 2 aromatic rings. The first-order valence-corrected chi connectivity index (χ1v) is 14.3. The number of hydrogen-bond donors (Lipinski definition) is 5. The molecule has 1 aromatic heterocycles. The molecular formula is C31H34FN3O8. The van der Waals surface area contributed by atoms with E-state index in [1.807, 2.05) is 4.90 Å². The number of hydrogen-bond acceptors (Lipinski definition) is 10. The van der Waals surface area contributed by atoms with Gasteiger partial charge in [-0.1, -0.05) is 0 Å². The van der Waals surface area contributed by atoms with Crippen molar-refractivity contribution in [1.29, 1.82) is 0 Å². The molecule has 43 heavy (non-hydrogen) atoms. The molecule has 0 bridgehead atoms. The van der Waals surface area contributed by atoms with Crippen molar-refractivity contribution in [2.45, 2.75) is 50.0 Å². The van der Waals surface area contributed by atoms with Crippen LogP contribution >= 0.6 is 0 Å². The Kier molecular flexibility index (Phi) is 6.98. The SMILES string of the molecule is CN(C)[C@@H]1C(=O)C(C(N)=O)=C(O)[C@@]2(O)C(=O)C3=C(O)c4c(O)ccc(-c5occc5CN5CCCC(F)C5)c4C[C@H]3C[C@@H]12. The normalized spacial score (nSPS) is 29.5. The van der Waals surface area contributed by atoms with Crippen molar-refractivity contribution >= 4 is 23.2 Å². The maximum absolute atomic E-state index is 14.1. The molecule has 5 atom stereocenters. The van der Waals surface area contributed by atoms with E-state index in [4.69, 9.17) is 10.2 Å². The standard InChI is InChI=1S/C31H34FN3O8/c1-34(2)24-19-11-15-10-18-17(27-14(7-9-43-27)12-35-8-3-4-16(32)13-35)5-6-20(36)22(18)25(37)21(15)28(39)31(19,42)29(40)23(26(24)38)30(33)41/h5-7,9,15-16,19,24,36-37,40,42H,3-4,8,10-13H2,1-2H3,(H2,33,41)/t15-,16?,19-,24-,31-/m0/s1. The lowest BCUT2D eigenvalue weighted by Crippen LogP contribution is -2.65. The zero-order valence-corrected chi connectivity index (χ0v) is 23.8. The molecule has 1 aliphatic heterocycles. The van der Waals surface area contributed by atoms with Gasteiger partial charge in [0, 0.05) is 35.7 Å². The van der Waals surface area contributed by atoms with Crippen LogP contribution in [-0.4, -0.2) is 92.7 Å². The van der Waals surface area contributed by atoms with Gasteiger partial charge in [0.15, 0.2) is 11.4 Å². The Bertz CT molecular complexity index is 1610. The fourth-order valence-electron chi connectivity index (χ4n) is 7.54. The van der Waals surface area contributed by atoms with Crippen molar-refractivity contribution < 1.29 is 43.6 Å². The summed E-state index contributed by atoms with van der Waals surface area (Å²) in [6.07, 6.45) is 2.01. The zero-order chi connectivity index (χ0) is 31.0. The van der Waals surface area contributed by atoms with Gasteiger partial charge in [0.2, 0.25) is 5.78 Å². The fourth-order valence-corrected chi connectivity index (χ4v) is 7.54. The van der Waals surface area contributed by atoms with Gasteiger partial charge in [-0.3, -0.25) is 24.2 Å². The van der Waals surface area contributed by atoms with E-state index < -0.39 is 64.2 Å². The third kappa shape index (κ3) is 4.30. The summed E-state index contributed by atoms with van der Waals surface area (Å²) >= 11 is 0. The van der Waals surface area contributed by atoms with Gasteiger partial charge < -0.3 is 30.6 Å². The molecular weight excluding hydrogens is 561 g/mol. The van der Waals surface area contributed by atoms with Crippen molar-refractivity contribution in [2.24, 2.45) is 17.6 Å². The van der Waals surface area contributed by atoms with E-state index in [1.54, 1.807) is 26.2 Å². The number of aromatic hydroxyl groups is 1. The number of amides is 1. The molecule has 2 heterocycles. The van der Waals surface area contributed by atoms with Crippen molar-refractivity contribution in [3.05, 3.63) is 58.1 Å². The number of furan rings is 1. The minimum atomic E-state index is -2.70. The molecule has 4 aliphatic rings. The molecule has 1 amide bonds. The van der Waals surface area contributed by atoms with E-state index in [0.717, 1.165) is 18.5 Å². The number of halogens is 1. The molecule has 0 spiro atoms. The van der Waals surface area contributed by atoms with Crippen LogP contribution in [0.5, 0.6) is 5.75 Å². The monoisotopic (exact) mass is 595 g/mol. The number of carbonyl (C=O) groups is 3. The number of aliphatic hydroxyl groups is 3. The van der Waals surface area contributed by atoms with Crippen LogP contribution in [0.2, 0.25) is 0 Å². The number of nitrogens with zero attached hydrogens (tertiary/aromatic N) is 2. The van der Waals surface area contributed by atoms with Gasteiger partial charge in [-0.25, -0.2) is 4.39 Å². The number of likely N-dealkylation sites (tertiary alicyclic amines) is 1. The zero-order valence-electron chi connectivity index (χ0n) is 23.8. The number of nitrogens with two attached hydrogens (primary N) is 1. The molecule has 2 fully saturated rings. The Morgan fingerprint density at radius 3 is 2.63 bits per heavy atom. The van der Waals surface area contributed by atoms with Crippen LogP contribution in [0.3, 0.4) is 0 Å². The number of phenolic OH excluding ortho intramolecular Hbond substituents is 1. The van der Waals surface area contributed by atoms with Crippen molar-refractivity contribution in [2.75, 3.05) is 27.2 Å². The number of alkyl halides is 1. The Morgan fingerprint density at radius 1 is 1.21 bits per heavy atom. The predicted molar refractivity (Wildman–Crippen MR) is 151 cm³/mol. The van der Waals surface area contributed by atoms with Crippen LogP contribution in [0.25, 0.3) is 17.1 Å². The van der Waals surface area contributed by atoms with E-state index >= 15 is 0 Å². The van der Waals surface area contributed by atoms with E-state index in [2.05, 4.69) is 0 Å². The Hall–Kier alpha value is -4.00. The minimum Gasteiger partial charge on any atom is -0.508 e. The van der Waals surface area contributed by atoms with E-state index in [1.165, 1.54) is 17.2 Å². The average Bonchev–Trinajstić information content (AvgIpc) is 3.38. The fraction of sp³-hybridized carbons (Fsp3) is 0.452. The summed E-state index contributed by atoms with van der Waals surface area (Å²) in [5.74, 6) is -6.56. The smallest absolute Gasteiger partial charge is 0.255 e. The van der Waals surface area contributed by atoms with Gasteiger partial charge in [0.1, 0.15) is 34.8 Å². The number of benzene rings is 1. The summed E-state index contributed by atoms with van der Waals surface area (Å²) in [4.78, 5) is 43.0. The van der Waals surface area contributed by atoms with Crippen LogP contribution in [-0.2, 0) is 27.3 Å². The molecule has 0 radical (unpaired) electrons. The maximum atomic E-state index is 14.1. The second-order valence-electron chi connectivity index (χ2n) is 12.2. The van der Waals surface area contributed by atoms with Crippen LogP contribution in [0.15, 0.2) is 45.8 Å². The largest absolute Gasteiger partial charge is 0.508 e. The lowest BCUT2D eigenvalue weighted by molar-refractivity contribution is -0.153. The van der Waals surface area contributed by atoms with Crippen LogP contribution in [0.1, 0.15) is 36.0 Å². The third-order valence-corrected chi connectivity index (χ3v) is 9.44. The Balaban J connectivity index is 1.47. The highest BCUT2D eigenvalue weighted by atomic mass is 19.1. The summed E-state index contributed by atoms with van der Waals surface area (Å²) in [5.41, 5.74) is 3.46. The number of primary amides is 1. The van der Waals surface area contributed by atoms with E-state index in [9.17, 15) is 39.2 Å². The quantitative estimate of drug-likeness (QED) is 0.322. The van der Waals surface area contributed by atoms with Gasteiger partial charge in [-0.05, 0) is 76.0 Å². The van der Waals surface area contributed by atoms with Gasteiger partial charge in [-0.15, -0.1) is 0 Å². The second-order valence-corrected chi connectivity index (χ2v) is 12.2.